The Bertz CT molecular complexity index is 1760. The van der Waals surface area contributed by atoms with Crippen molar-refractivity contribution in [2.24, 2.45) is 5.73 Å². The summed E-state index contributed by atoms with van der Waals surface area (Å²) in [7, 11) is 3.47. The predicted molar refractivity (Wildman–Crippen MR) is 150 cm³/mol. The number of nitrogens with one attached hydrogen (secondary N) is 1. The largest absolute Gasteiger partial charge is 0.436 e. The number of nitrogens with two attached hydrogens (primary N) is 1. The number of nitrogens with zero attached hydrogens (tertiary/aromatic N) is 5. The van der Waals surface area contributed by atoms with Crippen molar-refractivity contribution >= 4 is 17.5 Å². The SMILES string of the molecule is Cc1c(C#N)c(C(F)(F)F)nn1CC(=O)NC(Cc1cc(F)cc(F)c1)c1ncccc1-c1ccc(N(C)C)c(C(N)=O)c1. The highest BCUT2D eigenvalue weighted by Crippen LogP contribution is 2.33. The molecule has 4 rings (SSSR count). The lowest BCUT2D eigenvalue weighted by Crippen LogP contribution is -2.34. The summed E-state index contributed by atoms with van der Waals surface area (Å²) in [5.41, 5.74) is 5.42. The minimum absolute atomic E-state index is 0.159. The number of alkyl halides is 3. The van der Waals surface area contributed by atoms with Gasteiger partial charge < -0.3 is 16.0 Å². The van der Waals surface area contributed by atoms with Crippen LogP contribution in [0, 0.1) is 29.9 Å². The van der Waals surface area contributed by atoms with Crippen LogP contribution in [0.15, 0.2) is 54.7 Å². The van der Waals surface area contributed by atoms with Gasteiger partial charge in [-0.15, -0.1) is 0 Å². The number of benzene rings is 2. The van der Waals surface area contributed by atoms with E-state index in [4.69, 9.17) is 5.73 Å². The maximum Gasteiger partial charge on any atom is 0.436 e. The second-order valence-corrected chi connectivity index (χ2v) is 10.1. The molecular formula is C30H26F5N7O2. The summed E-state index contributed by atoms with van der Waals surface area (Å²) in [6, 6.07) is 11.5. The van der Waals surface area contributed by atoms with E-state index < -0.39 is 53.5 Å². The fourth-order valence-corrected chi connectivity index (χ4v) is 4.82. The van der Waals surface area contributed by atoms with Crippen LogP contribution in [0.4, 0.5) is 27.6 Å². The summed E-state index contributed by atoms with van der Waals surface area (Å²) in [6.07, 6.45) is -3.66. The van der Waals surface area contributed by atoms with E-state index >= 15 is 0 Å². The first-order valence-electron chi connectivity index (χ1n) is 13.0. The molecule has 0 spiro atoms. The van der Waals surface area contributed by atoms with Gasteiger partial charge in [0.1, 0.15) is 29.8 Å². The maximum atomic E-state index is 14.1. The molecule has 0 aliphatic heterocycles. The highest BCUT2D eigenvalue weighted by Gasteiger charge is 2.39. The Labute approximate surface area is 248 Å². The third-order valence-corrected chi connectivity index (χ3v) is 6.80. The van der Waals surface area contributed by atoms with E-state index in [-0.39, 0.29) is 28.9 Å². The van der Waals surface area contributed by atoms with Crippen molar-refractivity contribution in [1.82, 2.24) is 20.1 Å². The molecule has 2 heterocycles. The van der Waals surface area contributed by atoms with E-state index in [0.717, 1.165) is 16.8 Å². The molecule has 0 bridgehead atoms. The maximum absolute atomic E-state index is 14.1. The minimum Gasteiger partial charge on any atom is -0.377 e. The van der Waals surface area contributed by atoms with Crippen LogP contribution in [0.2, 0.25) is 0 Å². The second kappa shape index (κ2) is 12.5. The molecular weight excluding hydrogens is 585 g/mol. The van der Waals surface area contributed by atoms with Gasteiger partial charge in [-0.3, -0.25) is 19.3 Å². The molecule has 0 aliphatic rings. The van der Waals surface area contributed by atoms with E-state index in [1.165, 1.54) is 19.2 Å². The number of anilines is 1. The van der Waals surface area contributed by atoms with Crippen molar-refractivity contribution in [3.8, 4) is 17.2 Å². The number of rotatable bonds is 9. The molecule has 2 amide bonds. The Morgan fingerprint density at radius 1 is 1.11 bits per heavy atom. The number of nitriles is 1. The standard InChI is InChI=1S/C30H26F5N7O2/c1-16-23(14-36)28(30(33,34)35)40-42(16)15-26(43)39-24(11-17-9-19(31)13-20(32)10-17)27-21(5-4-8-38-27)18-6-7-25(41(2)3)22(12-18)29(37)44/h4-10,12-13,24H,11,15H2,1-3H3,(H2,37,44)(H,39,43). The van der Waals surface area contributed by atoms with Gasteiger partial charge in [0.2, 0.25) is 5.91 Å². The van der Waals surface area contributed by atoms with Crippen molar-refractivity contribution in [3.05, 3.63) is 100 Å². The van der Waals surface area contributed by atoms with Crippen molar-refractivity contribution in [1.29, 1.82) is 5.26 Å². The van der Waals surface area contributed by atoms with Crippen LogP contribution < -0.4 is 16.0 Å². The first-order chi connectivity index (χ1) is 20.7. The Morgan fingerprint density at radius 2 is 1.80 bits per heavy atom. The number of carbonyl (C=O) groups excluding carboxylic acids is 2. The lowest BCUT2D eigenvalue weighted by atomic mass is 9.94. The first kappa shape index (κ1) is 31.6. The average Bonchev–Trinajstić information content (AvgIpc) is 3.26. The molecule has 1 unspecified atom stereocenters. The minimum atomic E-state index is -4.92. The monoisotopic (exact) mass is 611 g/mol. The number of carbonyl (C=O) groups is 2. The lowest BCUT2D eigenvalue weighted by Gasteiger charge is -2.23. The summed E-state index contributed by atoms with van der Waals surface area (Å²) < 4.78 is 69.2. The van der Waals surface area contributed by atoms with Crippen LogP contribution in [0.3, 0.4) is 0 Å². The zero-order valence-electron chi connectivity index (χ0n) is 23.7. The highest BCUT2D eigenvalue weighted by atomic mass is 19.4. The van der Waals surface area contributed by atoms with Crippen LogP contribution in [-0.4, -0.2) is 40.7 Å². The molecule has 1 atom stereocenters. The number of hydrogen-bond donors (Lipinski definition) is 2. The Kier molecular flexibility index (Phi) is 8.98. The highest BCUT2D eigenvalue weighted by molar-refractivity contribution is 6.00. The van der Waals surface area contributed by atoms with Crippen molar-refractivity contribution in [2.45, 2.75) is 32.1 Å². The van der Waals surface area contributed by atoms with E-state index in [2.05, 4.69) is 15.4 Å². The molecule has 2 aromatic carbocycles. The molecule has 3 N–H and O–H groups in total. The Balaban J connectivity index is 1.77. The van der Waals surface area contributed by atoms with Gasteiger partial charge in [-0.2, -0.15) is 23.5 Å². The second-order valence-electron chi connectivity index (χ2n) is 10.1. The average molecular weight is 612 g/mol. The van der Waals surface area contributed by atoms with Gasteiger partial charge in [-0.1, -0.05) is 12.1 Å². The molecule has 0 saturated heterocycles. The third-order valence-electron chi connectivity index (χ3n) is 6.80. The van der Waals surface area contributed by atoms with Crippen LogP contribution >= 0.6 is 0 Å². The summed E-state index contributed by atoms with van der Waals surface area (Å²) in [5.74, 6) is -3.21. The number of amides is 2. The zero-order valence-corrected chi connectivity index (χ0v) is 23.7. The summed E-state index contributed by atoms with van der Waals surface area (Å²) >= 11 is 0. The lowest BCUT2D eigenvalue weighted by molar-refractivity contribution is -0.142. The molecule has 228 valence electrons. The molecule has 0 saturated carbocycles. The molecule has 0 fully saturated rings. The number of primary amides is 1. The van der Waals surface area contributed by atoms with Gasteiger partial charge in [0.25, 0.3) is 5.91 Å². The normalized spacial score (nSPS) is 12.0. The number of hydrogen-bond acceptors (Lipinski definition) is 6. The van der Waals surface area contributed by atoms with E-state index in [1.807, 2.05) is 0 Å². The van der Waals surface area contributed by atoms with Crippen LogP contribution in [0.1, 0.15) is 44.6 Å². The zero-order chi connectivity index (χ0) is 32.3. The smallest absolute Gasteiger partial charge is 0.377 e. The first-order valence-corrected chi connectivity index (χ1v) is 13.0. The fraction of sp³-hybridized carbons (Fsp3) is 0.233. The predicted octanol–water partition coefficient (Wildman–Crippen LogP) is 4.69. The molecule has 9 nitrogen and oxygen atoms in total. The van der Waals surface area contributed by atoms with Gasteiger partial charge in [-0.25, -0.2) is 8.78 Å². The molecule has 0 aliphatic carbocycles. The topological polar surface area (TPSA) is 130 Å². The molecule has 0 radical (unpaired) electrons. The van der Waals surface area contributed by atoms with E-state index in [9.17, 15) is 36.8 Å². The number of halogens is 5. The molecule has 2 aromatic heterocycles. The molecule has 14 heteroatoms. The van der Waals surface area contributed by atoms with Gasteiger partial charge >= 0.3 is 6.18 Å². The molecule has 44 heavy (non-hydrogen) atoms. The van der Waals surface area contributed by atoms with Gasteiger partial charge in [-0.05, 0) is 54.8 Å². The van der Waals surface area contributed by atoms with Gasteiger partial charge in [0.15, 0.2) is 5.69 Å². The quantitative estimate of drug-likeness (QED) is 0.264. The van der Waals surface area contributed by atoms with Crippen LogP contribution in [0.5, 0.6) is 0 Å². The number of aromatic nitrogens is 3. The van der Waals surface area contributed by atoms with Gasteiger partial charge in [0.05, 0.1) is 23.0 Å². The van der Waals surface area contributed by atoms with E-state index in [0.29, 0.717) is 22.9 Å². The summed E-state index contributed by atoms with van der Waals surface area (Å²) in [4.78, 5) is 31.6. The Hall–Kier alpha value is -5.32. The summed E-state index contributed by atoms with van der Waals surface area (Å²) in [5, 5.41) is 15.4. The van der Waals surface area contributed by atoms with Crippen molar-refractivity contribution in [3.63, 3.8) is 0 Å². The van der Waals surface area contributed by atoms with Gasteiger partial charge in [0, 0.05) is 37.6 Å². The van der Waals surface area contributed by atoms with Crippen molar-refractivity contribution in [2.75, 3.05) is 19.0 Å². The van der Waals surface area contributed by atoms with Crippen molar-refractivity contribution < 1.29 is 31.5 Å². The van der Waals surface area contributed by atoms with Crippen LogP contribution in [-0.2, 0) is 23.9 Å². The van der Waals surface area contributed by atoms with E-state index in [1.54, 1.807) is 49.3 Å². The fourth-order valence-electron chi connectivity index (χ4n) is 4.82. The number of pyridine rings is 1. The summed E-state index contributed by atoms with van der Waals surface area (Å²) in [6.45, 7) is 0.530. The van der Waals surface area contributed by atoms with Crippen LogP contribution in [0.25, 0.3) is 11.1 Å². The third kappa shape index (κ3) is 6.83. The Morgan fingerprint density at radius 3 is 2.36 bits per heavy atom. The molecule has 4 aromatic rings.